The topological polar surface area (TPSA) is 12.0 Å². The quantitative estimate of drug-likeness (QED) is 0.819. The largest absolute Gasteiger partial charge is 0.317 e. The molecule has 0 radical (unpaired) electrons. The number of rotatable bonds is 3. The summed E-state index contributed by atoms with van der Waals surface area (Å²) >= 11 is 0. The van der Waals surface area contributed by atoms with Crippen molar-refractivity contribution in [2.75, 3.05) is 7.05 Å². The maximum absolute atomic E-state index is 3.47. The van der Waals surface area contributed by atoms with E-state index in [0.29, 0.717) is 0 Å². The van der Waals surface area contributed by atoms with E-state index in [1.165, 1.54) is 36.8 Å². The van der Waals surface area contributed by atoms with Gasteiger partial charge in [-0.15, -0.1) is 0 Å². The fourth-order valence-electron chi connectivity index (χ4n) is 2.96. The maximum atomic E-state index is 3.47. The third-order valence-corrected chi connectivity index (χ3v) is 4.02. The van der Waals surface area contributed by atoms with Crippen LogP contribution < -0.4 is 5.32 Å². The van der Waals surface area contributed by atoms with Crippen LogP contribution in [-0.2, 0) is 6.42 Å². The SMILES string of the molecule is CNC1CCCC1Cc1cc(C)ccc1C. The summed E-state index contributed by atoms with van der Waals surface area (Å²) < 4.78 is 0. The van der Waals surface area contributed by atoms with E-state index in [-0.39, 0.29) is 0 Å². The van der Waals surface area contributed by atoms with Gasteiger partial charge in [0.15, 0.2) is 0 Å². The number of hydrogen-bond acceptors (Lipinski definition) is 1. The molecule has 0 aromatic heterocycles. The van der Waals surface area contributed by atoms with E-state index in [4.69, 9.17) is 0 Å². The van der Waals surface area contributed by atoms with Crippen molar-refractivity contribution in [2.24, 2.45) is 5.92 Å². The maximum Gasteiger partial charge on any atom is 0.00955 e. The first-order valence-electron chi connectivity index (χ1n) is 6.44. The molecule has 1 aliphatic rings. The van der Waals surface area contributed by atoms with Crippen molar-refractivity contribution in [2.45, 2.75) is 45.6 Å². The van der Waals surface area contributed by atoms with Crippen molar-refractivity contribution in [1.82, 2.24) is 5.32 Å². The van der Waals surface area contributed by atoms with Crippen LogP contribution >= 0.6 is 0 Å². The predicted molar refractivity (Wildman–Crippen MR) is 69.8 cm³/mol. The normalized spacial score (nSPS) is 24.9. The molecule has 0 heterocycles. The smallest absolute Gasteiger partial charge is 0.00955 e. The van der Waals surface area contributed by atoms with E-state index in [1.807, 2.05) is 0 Å². The average Bonchev–Trinajstić information content (AvgIpc) is 2.71. The molecule has 1 fully saturated rings. The van der Waals surface area contributed by atoms with Gasteiger partial charge in [-0.05, 0) is 57.2 Å². The van der Waals surface area contributed by atoms with Crippen LogP contribution in [0.5, 0.6) is 0 Å². The summed E-state index contributed by atoms with van der Waals surface area (Å²) in [5.74, 6) is 0.838. The minimum Gasteiger partial charge on any atom is -0.317 e. The van der Waals surface area contributed by atoms with Crippen LogP contribution in [0.25, 0.3) is 0 Å². The average molecular weight is 217 g/mol. The Kier molecular flexibility index (Phi) is 3.65. The molecular weight excluding hydrogens is 194 g/mol. The molecule has 1 saturated carbocycles. The zero-order valence-electron chi connectivity index (χ0n) is 10.7. The van der Waals surface area contributed by atoms with E-state index in [2.05, 4.69) is 44.4 Å². The van der Waals surface area contributed by atoms with Crippen LogP contribution in [0.15, 0.2) is 18.2 Å². The lowest BCUT2D eigenvalue weighted by atomic mass is 9.91. The van der Waals surface area contributed by atoms with Crippen LogP contribution in [0.2, 0.25) is 0 Å². The molecular formula is C15H23N. The third kappa shape index (κ3) is 2.46. The molecule has 1 heteroatoms. The molecule has 2 atom stereocenters. The van der Waals surface area contributed by atoms with Gasteiger partial charge >= 0.3 is 0 Å². The van der Waals surface area contributed by atoms with Gasteiger partial charge < -0.3 is 5.32 Å². The molecule has 0 aliphatic heterocycles. The van der Waals surface area contributed by atoms with Crippen molar-refractivity contribution >= 4 is 0 Å². The van der Waals surface area contributed by atoms with Crippen LogP contribution in [0.1, 0.15) is 36.0 Å². The molecule has 1 nitrogen and oxygen atoms in total. The van der Waals surface area contributed by atoms with Crippen molar-refractivity contribution < 1.29 is 0 Å². The van der Waals surface area contributed by atoms with Crippen molar-refractivity contribution in [3.05, 3.63) is 34.9 Å². The highest BCUT2D eigenvalue weighted by atomic mass is 14.9. The Morgan fingerprint density at radius 1 is 1.25 bits per heavy atom. The van der Waals surface area contributed by atoms with Crippen LogP contribution in [0, 0.1) is 19.8 Å². The molecule has 1 N–H and O–H groups in total. The molecule has 2 rings (SSSR count). The van der Waals surface area contributed by atoms with Gasteiger partial charge in [-0.1, -0.05) is 30.2 Å². The van der Waals surface area contributed by atoms with Crippen LogP contribution in [-0.4, -0.2) is 13.1 Å². The number of aryl methyl sites for hydroxylation is 2. The molecule has 1 aromatic carbocycles. The summed E-state index contributed by atoms with van der Waals surface area (Å²) in [6.07, 6.45) is 5.38. The van der Waals surface area contributed by atoms with Crippen molar-refractivity contribution in [3.8, 4) is 0 Å². The van der Waals surface area contributed by atoms with Crippen molar-refractivity contribution in [3.63, 3.8) is 0 Å². The standard InChI is InChI=1S/C15H23N/c1-11-7-8-12(2)14(9-11)10-13-5-4-6-15(13)16-3/h7-9,13,15-16H,4-6,10H2,1-3H3. The third-order valence-electron chi connectivity index (χ3n) is 4.02. The van der Waals surface area contributed by atoms with Gasteiger partial charge in [-0.3, -0.25) is 0 Å². The lowest BCUT2D eigenvalue weighted by Gasteiger charge is -2.20. The molecule has 0 amide bonds. The first kappa shape index (κ1) is 11.7. The lowest BCUT2D eigenvalue weighted by Crippen LogP contribution is -2.30. The van der Waals surface area contributed by atoms with E-state index in [9.17, 15) is 0 Å². The Bertz CT molecular complexity index is 356. The van der Waals surface area contributed by atoms with E-state index < -0.39 is 0 Å². The molecule has 0 spiro atoms. The molecule has 0 saturated heterocycles. The first-order chi connectivity index (χ1) is 7.70. The number of hydrogen-bond donors (Lipinski definition) is 1. The number of nitrogens with one attached hydrogen (secondary N) is 1. The Morgan fingerprint density at radius 3 is 2.81 bits per heavy atom. The molecule has 1 aromatic rings. The molecule has 16 heavy (non-hydrogen) atoms. The van der Waals surface area contributed by atoms with E-state index in [1.54, 1.807) is 5.56 Å². The second kappa shape index (κ2) is 5.01. The summed E-state index contributed by atoms with van der Waals surface area (Å²) in [5.41, 5.74) is 4.39. The Labute approximate surface area is 99.3 Å². The lowest BCUT2D eigenvalue weighted by molar-refractivity contribution is 0.423. The molecule has 2 unspecified atom stereocenters. The highest BCUT2D eigenvalue weighted by Gasteiger charge is 2.26. The van der Waals surface area contributed by atoms with E-state index >= 15 is 0 Å². The zero-order valence-corrected chi connectivity index (χ0v) is 10.7. The first-order valence-corrected chi connectivity index (χ1v) is 6.44. The summed E-state index contributed by atoms with van der Waals surface area (Å²) in [5, 5.41) is 3.47. The Morgan fingerprint density at radius 2 is 2.06 bits per heavy atom. The Hall–Kier alpha value is -0.820. The molecule has 88 valence electrons. The van der Waals surface area contributed by atoms with Gasteiger partial charge in [0.25, 0.3) is 0 Å². The van der Waals surface area contributed by atoms with Gasteiger partial charge in [0.2, 0.25) is 0 Å². The number of benzene rings is 1. The van der Waals surface area contributed by atoms with Gasteiger partial charge in [0, 0.05) is 6.04 Å². The molecule has 0 bridgehead atoms. The van der Waals surface area contributed by atoms with Crippen LogP contribution in [0.4, 0.5) is 0 Å². The second-order valence-corrected chi connectivity index (χ2v) is 5.22. The van der Waals surface area contributed by atoms with Crippen molar-refractivity contribution in [1.29, 1.82) is 0 Å². The molecule has 1 aliphatic carbocycles. The summed E-state index contributed by atoms with van der Waals surface area (Å²) in [6.45, 7) is 4.42. The Balaban J connectivity index is 2.11. The van der Waals surface area contributed by atoms with Gasteiger partial charge in [0.05, 0.1) is 0 Å². The monoisotopic (exact) mass is 217 g/mol. The fourth-order valence-corrected chi connectivity index (χ4v) is 2.96. The summed E-state index contributed by atoms with van der Waals surface area (Å²) in [7, 11) is 2.10. The van der Waals surface area contributed by atoms with Gasteiger partial charge in [0.1, 0.15) is 0 Å². The zero-order chi connectivity index (χ0) is 11.5. The summed E-state index contributed by atoms with van der Waals surface area (Å²) in [4.78, 5) is 0. The second-order valence-electron chi connectivity index (χ2n) is 5.22. The van der Waals surface area contributed by atoms with Gasteiger partial charge in [-0.2, -0.15) is 0 Å². The van der Waals surface area contributed by atoms with Crippen LogP contribution in [0.3, 0.4) is 0 Å². The summed E-state index contributed by atoms with van der Waals surface area (Å²) in [6, 6.07) is 7.57. The van der Waals surface area contributed by atoms with Gasteiger partial charge in [-0.25, -0.2) is 0 Å². The highest BCUT2D eigenvalue weighted by molar-refractivity contribution is 5.31. The van der Waals surface area contributed by atoms with E-state index in [0.717, 1.165) is 12.0 Å². The minimum atomic E-state index is 0.736. The predicted octanol–water partition coefficient (Wildman–Crippen LogP) is 3.23. The minimum absolute atomic E-state index is 0.736. The highest BCUT2D eigenvalue weighted by Crippen LogP contribution is 2.29. The fraction of sp³-hybridized carbons (Fsp3) is 0.600.